The number of hydrogen-bond donors (Lipinski definition) is 2. The molecule has 2 aromatic heterocycles. The number of nitrogens with one attached hydrogen (secondary N) is 1. The molecular formula is C13H13N5. The quantitative estimate of drug-likeness (QED) is 0.715. The van der Waals surface area contributed by atoms with E-state index in [-0.39, 0.29) is 0 Å². The largest absolute Gasteiger partial charge is 0.382 e. The predicted octanol–water partition coefficient (Wildman–Crippen LogP) is 1.83. The first-order valence-electron chi connectivity index (χ1n) is 5.75. The van der Waals surface area contributed by atoms with Crippen LogP contribution >= 0.6 is 0 Å². The van der Waals surface area contributed by atoms with Gasteiger partial charge in [-0.25, -0.2) is 15.0 Å². The molecule has 0 saturated heterocycles. The second kappa shape index (κ2) is 4.10. The molecule has 0 aliphatic carbocycles. The second-order valence-electron chi connectivity index (χ2n) is 4.21. The number of nitrogens with zero attached hydrogens (tertiary/aromatic N) is 3. The maximum Gasteiger partial charge on any atom is 0.183 e. The van der Waals surface area contributed by atoms with Crippen LogP contribution in [0.5, 0.6) is 0 Å². The first-order chi connectivity index (χ1) is 8.72. The highest BCUT2D eigenvalue weighted by Crippen LogP contribution is 2.16. The van der Waals surface area contributed by atoms with Gasteiger partial charge in [0.25, 0.3) is 0 Å². The minimum absolute atomic E-state index is 0.450. The zero-order valence-corrected chi connectivity index (χ0v) is 10.0. The number of fused-ring (bicyclic) bond motifs is 1. The summed E-state index contributed by atoms with van der Waals surface area (Å²) in [5, 5.41) is 0. The van der Waals surface area contributed by atoms with E-state index < -0.39 is 0 Å². The first kappa shape index (κ1) is 10.7. The molecule has 0 bridgehead atoms. The average Bonchev–Trinajstić information content (AvgIpc) is 2.72. The van der Waals surface area contributed by atoms with Crippen LogP contribution in [0.4, 0.5) is 5.82 Å². The highest BCUT2D eigenvalue weighted by Gasteiger charge is 2.09. The van der Waals surface area contributed by atoms with E-state index >= 15 is 0 Å². The van der Waals surface area contributed by atoms with Crippen LogP contribution < -0.4 is 5.73 Å². The molecule has 2 heterocycles. The predicted molar refractivity (Wildman–Crippen MR) is 70.1 cm³/mol. The van der Waals surface area contributed by atoms with Gasteiger partial charge in [-0.15, -0.1) is 0 Å². The SMILES string of the molecule is Cc1nc2nc(Cc3ccccc3)nc(N)c2[nH]1. The molecule has 3 rings (SSSR count). The van der Waals surface area contributed by atoms with E-state index in [4.69, 9.17) is 5.73 Å². The lowest BCUT2D eigenvalue weighted by Crippen LogP contribution is -2.01. The summed E-state index contributed by atoms with van der Waals surface area (Å²) in [4.78, 5) is 16.1. The number of benzene rings is 1. The van der Waals surface area contributed by atoms with Crippen molar-refractivity contribution in [3.8, 4) is 0 Å². The fourth-order valence-corrected chi connectivity index (χ4v) is 1.94. The molecule has 0 fully saturated rings. The average molecular weight is 239 g/mol. The smallest absolute Gasteiger partial charge is 0.183 e. The minimum atomic E-state index is 0.450. The molecule has 1 aromatic carbocycles. The second-order valence-corrected chi connectivity index (χ2v) is 4.21. The molecule has 3 aromatic rings. The van der Waals surface area contributed by atoms with Crippen molar-refractivity contribution in [2.75, 3.05) is 5.73 Å². The van der Waals surface area contributed by atoms with E-state index in [1.807, 2.05) is 37.3 Å². The van der Waals surface area contributed by atoms with Crippen molar-refractivity contribution >= 4 is 17.0 Å². The Labute approximate surface area is 104 Å². The van der Waals surface area contributed by atoms with E-state index in [1.54, 1.807) is 0 Å². The van der Waals surface area contributed by atoms with Crippen LogP contribution in [-0.2, 0) is 6.42 Å². The molecule has 0 saturated carbocycles. The number of rotatable bonds is 2. The van der Waals surface area contributed by atoms with Gasteiger partial charge in [-0.2, -0.15) is 0 Å². The number of H-pyrrole nitrogens is 1. The van der Waals surface area contributed by atoms with Crippen LogP contribution in [0, 0.1) is 6.92 Å². The summed E-state index contributed by atoms with van der Waals surface area (Å²) < 4.78 is 0. The summed E-state index contributed by atoms with van der Waals surface area (Å²) in [5.74, 6) is 1.94. The van der Waals surface area contributed by atoms with E-state index in [0.717, 1.165) is 11.4 Å². The lowest BCUT2D eigenvalue weighted by Gasteiger charge is -2.02. The van der Waals surface area contributed by atoms with Gasteiger partial charge in [0.15, 0.2) is 11.5 Å². The summed E-state index contributed by atoms with van der Waals surface area (Å²) in [6.45, 7) is 1.87. The molecule has 0 aliphatic rings. The molecule has 3 N–H and O–H groups in total. The van der Waals surface area contributed by atoms with Crippen LogP contribution in [0.2, 0.25) is 0 Å². The molecular weight excluding hydrogens is 226 g/mol. The fraction of sp³-hybridized carbons (Fsp3) is 0.154. The third-order valence-corrected chi connectivity index (χ3v) is 2.75. The van der Waals surface area contributed by atoms with E-state index in [2.05, 4.69) is 19.9 Å². The van der Waals surface area contributed by atoms with Crippen molar-refractivity contribution in [2.24, 2.45) is 0 Å². The van der Waals surface area contributed by atoms with E-state index in [0.29, 0.717) is 29.2 Å². The van der Waals surface area contributed by atoms with Crippen LogP contribution in [0.25, 0.3) is 11.2 Å². The highest BCUT2D eigenvalue weighted by molar-refractivity contribution is 5.81. The molecule has 5 heteroatoms. The van der Waals surface area contributed by atoms with Gasteiger partial charge in [-0.05, 0) is 12.5 Å². The number of hydrogen-bond acceptors (Lipinski definition) is 4. The van der Waals surface area contributed by atoms with Crippen LogP contribution in [0.1, 0.15) is 17.2 Å². The summed E-state index contributed by atoms with van der Waals surface area (Å²) in [5.41, 5.74) is 8.40. The Morgan fingerprint density at radius 2 is 1.89 bits per heavy atom. The molecule has 18 heavy (non-hydrogen) atoms. The summed E-state index contributed by atoms with van der Waals surface area (Å²) >= 11 is 0. The number of anilines is 1. The third kappa shape index (κ3) is 1.90. The molecule has 0 aliphatic heterocycles. The fourth-order valence-electron chi connectivity index (χ4n) is 1.94. The first-order valence-corrected chi connectivity index (χ1v) is 5.75. The maximum atomic E-state index is 5.90. The highest BCUT2D eigenvalue weighted by atomic mass is 15.1. The van der Waals surface area contributed by atoms with Crippen LogP contribution in [0.3, 0.4) is 0 Å². The normalized spacial score (nSPS) is 10.9. The Balaban J connectivity index is 2.02. The number of nitrogens with two attached hydrogens (primary N) is 1. The van der Waals surface area contributed by atoms with Gasteiger partial charge in [0.2, 0.25) is 0 Å². The van der Waals surface area contributed by atoms with Gasteiger partial charge in [0.05, 0.1) is 0 Å². The minimum Gasteiger partial charge on any atom is -0.382 e. The summed E-state index contributed by atoms with van der Waals surface area (Å²) in [7, 11) is 0. The Morgan fingerprint density at radius 1 is 1.11 bits per heavy atom. The summed E-state index contributed by atoms with van der Waals surface area (Å²) in [6, 6.07) is 10.1. The standard InChI is InChI=1S/C13H13N5/c1-8-15-11-12(14)17-10(18-13(11)16-8)7-9-5-3-2-4-6-9/h2-6H,7H2,1H3,(H3,14,15,16,17,18). The van der Waals surface area contributed by atoms with Crippen molar-refractivity contribution in [1.82, 2.24) is 19.9 Å². The van der Waals surface area contributed by atoms with Gasteiger partial charge in [0, 0.05) is 6.42 Å². The number of aromatic nitrogens is 4. The zero-order valence-electron chi connectivity index (χ0n) is 10.0. The Bertz CT molecular complexity index is 687. The van der Waals surface area contributed by atoms with Crippen molar-refractivity contribution in [3.63, 3.8) is 0 Å². The maximum absolute atomic E-state index is 5.90. The number of nitrogen functional groups attached to an aromatic ring is 1. The monoisotopic (exact) mass is 239 g/mol. The van der Waals surface area contributed by atoms with Crippen molar-refractivity contribution in [1.29, 1.82) is 0 Å². The number of aryl methyl sites for hydroxylation is 1. The van der Waals surface area contributed by atoms with E-state index in [1.165, 1.54) is 0 Å². The molecule has 0 amide bonds. The molecule has 90 valence electrons. The molecule has 0 atom stereocenters. The number of imidazole rings is 1. The van der Waals surface area contributed by atoms with Crippen molar-refractivity contribution in [3.05, 3.63) is 47.5 Å². The lowest BCUT2D eigenvalue weighted by atomic mass is 10.1. The Hall–Kier alpha value is -2.43. The van der Waals surface area contributed by atoms with Gasteiger partial charge in [0.1, 0.15) is 17.2 Å². The van der Waals surface area contributed by atoms with Crippen LogP contribution in [0.15, 0.2) is 30.3 Å². The molecule has 0 unspecified atom stereocenters. The van der Waals surface area contributed by atoms with Crippen molar-refractivity contribution in [2.45, 2.75) is 13.3 Å². The third-order valence-electron chi connectivity index (χ3n) is 2.75. The number of aromatic amines is 1. The molecule has 0 spiro atoms. The zero-order chi connectivity index (χ0) is 12.5. The Kier molecular flexibility index (Phi) is 2.44. The van der Waals surface area contributed by atoms with Gasteiger partial charge in [-0.3, -0.25) is 0 Å². The van der Waals surface area contributed by atoms with E-state index in [9.17, 15) is 0 Å². The molecule has 0 radical (unpaired) electrons. The lowest BCUT2D eigenvalue weighted by molar-refractivity contribution is 0.991. The topological polar surface area (TPSA) is 80.5 Å². The summed E-state index contributed by atoms with van der Waals surface area (Å²) in [6.07, 6.45) is 0.660. The van der Waals surface area contributed by atoms with Crippen molar-refractivity contribution < 1.29 is 0 Å². The van der Waals surface area contributed by atoms with Gasteiger partial charge < -0.3 is 10.7 Å². The molecule has 5 nitrogen and oxygen atoms in total. The Morgan fingerprint density at radius 3 is 2.67 bits per heavy atom. The van der Waals surface area contributed by atoms with Crippen LogP contribution in [-0.4, -0.2) is 19.9 Å². The van der Waals surface area contributed by atoms with Gasteiger partial charge >= 0.3 is 0 Å². The van der Waals surface area contributed by atoms with Gasteiger partial charge in [-0.1, -0.05) is 30.3 Å².